The molecule has 0 aliphatic heterocycles. The molecule has 5 nitrogen and oxygen atoms in total. The number of nitrogens with one attached hydrogen (secondary N) is 1. The lowest BCUT2D eigenvalue weighted by Crippen LogP contribution is -2.34. The van der Waals surface area contributed by atoms with Gasteiger partial charge in [-0.2, -0.15) is 0 Å². The van der Waals surface area contributed by atoms with E-state index in [1.165, 1.54) is 0 Å². The van der Waals surface area contributed by atoms with E-state index in [1.807, 2.05) is 24.3 Å². The van der Waals surface area contributed by atoms with Crippen LogP contribution in [0.15, 0.2) is 42.7 Å². The fraction of sp³-hybridized carbons (Fsp3) is 0.312. The molecule has 1 aliphatic carbocycles. The number of carbonyl (C=O) groups is 1. The number of hydrogen-bond acceptors (Lipinski definition) is 4. The highest BCUT2D eigenvalue weighted by molar-refractivity contribution is 5.77. The summed E-state index contributed by atoms with van der Waals surface area (Å²) < 4.78 is 0. The fourth-order valence-electron chi connectivity index (χ4n) is 2.68. The maximum absolute atomic E-state index is 12.0. The van der Waals surface area contributed by atoms with Crippen molar-refractivity contribution < 1.29 is 9.90 Å². The number of aliphatic hydroxyl groups is 1. The highest BCUT2D eigenvalue weighted by Gasteiger charge is 2.31. The first-order valence-corrected chi connectivity index (χ1v) is 7.05. The summed E-state index contributed by atoms with van der Waals surface area (Å²) in [5, 5.41) is 13.0. The second-order valence-corrected chi connectivity index (χ2v) is 5.18. The minimum absolute atomic E-state index is 0.0943. The standard InChI is InChI=1S/C16H17N3O2/c20-13-10-11-4-1-2-5-12(11)16(13)19-15(21)7-6-14-17-8-3-9-18-14/h1-5,8-9,13,16,20H,6-7,10H2,(H,19,21)/t13-,16+/m1/s1. The number of hydrogen-bond donors (Lipinski definition) is 2. The molecule has 2 N–H and O–H groups in total. The Bertz CT molecular complexity index is 630. The SMILES string of the molecule is O=C(CCc1ncccn1)N[C@H]1c2ccccc2C[C@H]1O. The van der Waals surface area contributed by atoms with Gasteiger partial charge in [-0.15, -0.1) is 0 Å². The number of nitrogens with zero attached hydrogens (tertiary/aromatic N) is 2. The normalized spacial score (nSPS) is 20.0. The van der Waals surface area contributed by atoms with Gasteiger partial charge in [-0.1, -0.05) is 24.3 Å². The Labute approximate surface area is 123 Å². The fourth-order valence-corrected chi connectivity index (χ4v) is 2.68. The Morgan fingerprint density at radius 2 is 2.00 bits per heavy atom. The summed E-state index contributed by atoms with van der Waals surface area (Å²) in [6, 6.07) is 9.25. The van der Waals surface area contributed by atoms with Crippen LogP contribution in [0.25, 0.3) is 0 Å². The van der Waals surface area contributed by atoms with Gasteiger partial charge < -0.3 is 10.4 Å². The van der Waals surface area contributed by atoms with Gasteiger partial charge in [0.1, 0.15) is 5.82 Å². The molecule has 1 amide bonds. The molecule has 1 heterocycles. The van der Waals surface area contributed by atoms with E-state index in [0.29, 0.717) is 25.1 Å². The summed E-state index contributed by atoms with van der Waals surface area (Å²) in [6.07, 6.45) is 4.17. The largest absolute Gasteiger partial charge is 0.390 e. The molecule has 0 fully saturated rings. The number of aryl methyl sites for hydroxylation is 1. The van der Waals surface area contributed by atoms with Gasteiger partial charge >= 0.3 is 0 Å². The van der Waals surface area contributed by atoms with Crippen LogP contribution in [0.1, 0.15) is 29.4 Å². The Kier molecular flexibility index (Phi) is 3.92. The minimum Gasteiger partial charge on any atom is -0.390 e. The number of carbonyl (C=O) groups excluding carboxylic acids is 1. The first kappa shape index (κ1) is 13.7. The molecule has 21 heavy (non-hydrogen) atoms. The van der Waals surface area contributed by atoms with Crippen molar-refractivity contribution in [3.05, 3.63) is 59.7 Å². The number of rotatable bonds is 4. The summed E-state index contributed by atoms with van der Waals surface area (Å²) in [5.74, 6) is 0.559. The highest BCUT2D eigenvalue weighted by Crippen LogP contribution is 2.31. The van der Waals surface area contributed by atoms with E-state index in [2.05, 4.69) is 15.3 Å². The Balaban J connectivity index is 1.60. The van der Waals surface area contributed by atoms with Gasteiger partial charge in [0, 0.05) is 31.7 Å². The number of benzene rings is 1. The van der Waals surface area contributed by atoms with Gasteiger partial charge in [-0.25, -0.2) is 9.97 Å². The third-order valence-electron chi connectivity index (χ3n) is 3.72. The molecule has 0 unspecified atom stereocenters. The molecule has 0 spiro atoms. The van der Waals surface area contributed by atoms with Crippen LogP contribution in [-0.2, 0) is 17.6 Å². The zero-order chi connectivity index (χ0) is 14.7. The molecule has 0 bridgehead atoms. The molecule has 1 aromatic carbocycles. The average molecular weight is 283 g/mol. The minimum atomic E-state index is -0.556. The lowest BCUT2D eigenvalue weighted by atomic mass is 10.1. The van der Waals surface area contributed by atoms with E-state index in [-0.39, 0.29) is 11.9 Å². The van der Waals surface area contributed by atoms with E-state index in [0.717, 1.165) is 11.1 Å². The van der Waals surface area contributed by atoms with Crippen molar-refractivity contribution >= 4 is 5.91 Å². The van der Waals surface area contributed by atoms with Gasteiger partial charge in [0.2, 0.25) is 5.91 Å². The smallest absolute Gasteiger partial charge is 0.221 e. The zero-order valence-corrected chi connectivity index (χ0v) is 11.6. The number of fused-ring (bicyclic) bond motifs is 1. The van der Waals surface area contributed by atoms with Crippen molar-refractivity contribution in [1.29, 1.82) is 0 Å². The second kappa shape index (κ2) is 6.01. The van der Waals surface area contributed by atoms with Crippen LogP contribution in [0, 0.1) is 0 Å². The van der Waals surface area contributed by atoms with Crippen LogP contribution in [0.4, 0.5) is 0 Å². The van der Waals surface area contributed by atoms with Crippen molar-refractivity contribution in [2.45, 2.75) is 31.4 Å². The Hall–Kier alpha value is -2.27. The Morgan fingerprint density at radius 1 is 1.24 bits per heavy atom. The third kappa shape index (κ3) is 3.08. The molecule has 1 aromatic heterocycles. The first-order valence-electron chi connectivity index (χ1n) is 7.05. The molecular weight excluding hydrogens is 266 g/mol. The topological polar surface area (TPSA) is 75.1 Å². The van der Waals surface area contributed by atoms with Gasteiger partial charge in [0.05, 0.1) is 12.1 Å². The van der Waals surface area contributed by atoms with Crippen LogP contribution in [-0.4, -0.2) is 27.1 Å². The van der Waals surface area contributed by atoms with Crippen molar-refractivity contribution in [2.75, 3.05) is 0 Å². The van der Waals surface area contributed by atoms with Crippen molar-refractivity contribution in [3.63, 3.8) is 0 Å². The van der Waals surface area contributed by atoms with E-state index < -0.39 is 6.10 Å². The summed E-state index contributed by atoms with van der Waals surface area (Å²) >= 11 is 0. The molecule has 3 rings (SSSR count). The summed E-state index contributed by atoms with van der Waals surface area (Å²) in [5.41, 5.74) is 2.11. The molecule has 2 aromatic rings. The molecule has 0 saturated carbocycles. The molecule has 108 valence electrons. The van der Waals surface area contributed by atoms with Gasteiger partial charge in [-0.3, -0.25) is 4.79 Å². The maximum atomic E-state index is 12.0. The predicted molar refractivity (Wildman–Crippen MR) is 77.4 cm³/mol. The van der Waals surface area contributed by atoms with E-state index >= 15 is 0 Å². The van der Waals surface area contributed by atoms with Crippen molar-refractivity contribution in [3.8, 4) is 0 Å². The van der Waals surface area contributed by atoms with Crippen LogP contribution in [0.3, 0.4) is 0 Å². The van der Waals surface area contributed by atoms with Crippen molar-refractivity contribution in [2.24, 2.45) is 0 Å². The van der Waals surface area contributed by atoms with Gasteiger partial charge in [0.15, 0.2) is 0 Å². The molecule has 1 aliphatic rings. The second-order valence-electron chi connectivity index (χ2n) is 5.18. The number of aromatic nitrogens is 2. The number of aliphatic hydroxyl groups excluding tert-OH is 1. The zero-order valence-electron chi connectivity index (χ0n) is 11.6. The summed E-state index contributed by atoms with van der Waals surface area (Å²) in [6.45, 7) is 0. The first-order chi connectivity index (χ1) is 10.2. The average Bonchev–Trinajstić information content (AvgIpc) is 2.82. The van der Waals surface area contributed by atoms with Crippen LogP contribution >= 0.6 is 0 Å². The molecule has 5 heteroatoms. The van der Waals surface area contributed by atoms with Crippen LogP contribution in [0.5, 0.6) is 0 Å². The monoisotopic (exact) mass is 283 g/mol. The van der Waals surface area contributed by atoms with Gasteiger partial charge in [-0.05, 0) is 17.2 Å². The lowest BCUT2D eigenvalue weighted by Gasteiger charge is -2.17. The van der Waals surface area contributed by atoms with Crippen molar-refractivity contribution in [1.82, 2.24) is 15.3 Å². The van der Waals surface area contributed by atoms with E-state index in [4.69, 9.17) is 0 Å². The van der Waals surface area contributed by atoms with Gasteiger partial charge in [0.25, 0.3) is 0 Å². The molecule has 0 saturated heterocycles. The Morgan fingerprint density at radius 3 is 2.81 bits per heavy atom. The molecule has 2 atom stereocenters. The lowest BCUT2D eigenvalue weighted by molar-refractivity contribution is -0.122. The van der Waals surface area contributed by atoms with Crippen LogP contribution in [0.2, 0.25) is 0 Å². The number of amides is 1. The predicted octanol–water partition coefficient (Wildman–Crippen LogP) is 1.18. The quantitative estimate of drug-likeness (QED) is 0.883. The third-order valence-corrected chi connectivity index (χ3v) is 3.72. The highest BCUT2D eigenvalue weighted by atomic mass is 16.3. The molecule has 0 radical (unpaired) electrons. The van der Waals surface area contributed by atoms with Crippen LogP contribution < -0.4 is 5.32 Å². The molecular formula is C16H17N3O2. The maximum Gasteiger partial charge on any atom is 0.221 e. The van der Waals surface area contributed by atoms with E-state index in [9.17, 15) is 9.90 Å². The summed E-state index contributed by atoms with van der Waals surface area (Å²) in [7, 11) is 0. The summed E-state index contributed by atoms with van der Waals surface area (Å²) in [4.78, 5) is 20.2. The van der Waals surface area contributed by atoms with E-state index in [1.54, 1.807) is 18.5 Å².